The lowest BCUT2D eigenvalue weighted by molar-refractivity contribution is -0.111. The molecule has 114 valence electrons. The lowest BCUT2D eigenvalue weighted by Gasteiger charge is -2.04. The number of hydrogen-bond donors (Lipinski definition) is 1. The molecule has 0 radical (unpaired) electrons. The van der Waals surface area contributed by atoms with Gasteiger partial charge in [0.15, 0.2) is 9.84 Å². The standard InChI is InChI=1S/C17H17NO3S/c1-13-6-8-14(9-7-13)10-11-17(19)18-15-4-3-5-16(12-15)22(2,20)21/h3-12H,1-2H3,(H,18,19)/b11-10+. The van der Waals surface area contributed by atoms with Crippen molar-refractivity contribution >= 4 is 27.5 Å². The lowest BCUT2D eigenvalue weighted by Crippen LogP contribution is -2.08. The van der Waals surface area contributed by atoms with E-state index in [9.17, 15) is 13.2 Å². The third-order valence-corrected chi connectivity index (χ3v) is 4.14. The number of amides is 1. The highest BCUT2D eigenvalue weighted by molar-refractivity contribution is 7.90. The highest BCUT2D eigenvalue weighted by atomic mass is 32.2. The van der Waals surface area contributed by atoms with Gasteiger partial charge in [-0.05, 0) is 36.8 Å². The first kappa shape index (κ1) is 16.0. The Labute approximate surface area is 130 Å². The van der Waals surface area contributed by atoms with Gasteiger partial charge in [-0.15, -0.1) is 0 Å². The Morgan fingerprint density at radius 3 is 2.41 bits per heavy atom. The van der Waals surface area contributed by atoms with Gasteiger partial charge in [0, 0.05) is 18.0 Å². The molecule has 2 aromatic rings. The number of rotatable bonds is 4. The van der Waals surface area contributed by atoms with Gasteiger partial charge >= 0.3 is 0 Å². The maximum absolute atomic E-state index is 11.9. The highest BCUT2D eigenvalue weighted by Gasteiger charge is 2.07. The molecule has 0 saturated heterocycles. The summed E-state index contributed by atoms with van der Waals surface area (Å²) in [5.41, 5.74) is 2.52. The minimum atomic E-state index is -3.29. The van der Waals surface area contributed by atoms with Crippen LogP contribution in [0.1, 0.15) is 11.1 Å². The van der Waals surface area contributed by atoms with E-state index in [1.807, 2.05) is 31.2 Å². The molecular weight excluding hydrogens is 298 g/mol. The van der Waals surface area contributed by atoms with Gasteiger partial charge in [-0.2, -0.15) is 0 Å². The summed E-state index contributed by atoms with van der Waals surface area (Å²) in [5.74, 6) is -0.314. The summed E-state index contributed by atoms with van der Waals surface area (Å²) in [6.45, 7) is 2.00. The van der Waals surface area contributed by atoms with Crippen molar-refractivity contribution in [3.63, 3.8) is 0 Å². The maximum atomic E-state index is 11.9. The molecule has 0 spiro atoms. The number of benzene rings is 2. The van der Waals surface area contributed by atoms with Crippen LogP contribution in [0.15, 0.2) is 59.5 Å². The van der Waals surface area contributed by atoms with E-state index in [0.717, 1.165) is 17.4 Å². The van der Waals surface area contributed by atoms with Crippen LogP contribution in [0.5, 0.6) is 0 Å². The van der Waals surface area contributed by atoms with Gasteiger partial charge in [0.25, 0.3) is 0 Å². The zero-order valence-electron chi connectivity index (χ0n) is 12.4. The van der Waals surface area contributed by atoms with Crippen LogP contribution in [0, 0.1) is 6.92 Å². The molecule has 0 atom stereocenters. The van der Waals surface area contributed by atoms with E-state index in [0.29, 0.717) is 5.69 Å². The van der Waals surface area contributed by atoms with E-state index < -0.39 is 9.84 Å². The summed E-state index contributed by atoms with van der Waals surface area (Å²) in [5, 5.41) is 2.65. The fourth-order valence-corrected chi connectivity index (χ4v) is 2.50. The number of anilines is 1. The van der Waals surface area contributed by atoms with Crippen LogP contribution in [-0.4, -0.2) is 20.6 Å². The second-order valence-corrected chi connectivity index (χ2v) is 7.05. The van der Waals surface area contributed by atoms with Gasteiger partial charge in [0.1, 0.15) is 0 Å². The Balaban J connectivity index is 2.07. The van der Waals surface area contributed by atoms with Gasteiger partial charge in [-0.25, -0.2) is 8.42 Å². The Hall–Kier alpha value is -2.40. The summed E-state index contributed by atoms with van der Waals surface area (Å²) in [6.07, 6.45) is 4.25. The van der Waals surface area contributed by atoms with Crippen LogP contribution in [-0.2, 0) is 14.6 Å². The first-order valence-corrected chi connectivity index (χ1v) is 8.59. The van der Waals surface area contributed by atoms with Gasteiger partial charge in [-0.1, -0.05) is 35.9 Å². The molecule has 0 aliphatic rings. The molecule has 22 heavy (non-hydrogen) atoms. The van der Waals surface area contributed by atoms with Gasteiger partial charge in [-0.3, -0.25) is 4.79 Å². The average Bonchev–Trinajstić information content (AvgIpc) is 2.46. The largest absolute Gasteiger partial charge is 0.322 e. The second kappa shape index (κ2) is 6.58. The van der Waals surface area contributed by atoms with Crippen molar-refractivity contribution < 1.29 is 13.2 Å². The Bertz CT molecular complexity index is 806. The van der Waals surface area contributed by atoms with Crippen molar-refractivity contribution in [2.24, 2.45) is 0 Å². The fraction of sp³-hybridized carbons (Fsp3) is 0.118. The molecule has 4 nitrogen and oxygen atoms in total. The molecule has 1 amide bonds. The third kappa shape index (κ3) is 4.56. The molecule has 5 heteroatoms. The predicted octanol–water partition coefficient (Wildman–Crippen LogP) is 3.05. The van der Waals surface area contributed by atoms with Gasteiger partial charge < -0.3 is 5.32 Å². The Morgan fingerprint density at radius 2 is 1.77 bits per heavy atom. The molecule has 0 saturated carbocycles. The summed E-state index contributed by atoms with van der Waals surface area (Å²) in [7, 11) is -3.29. The van der Waals surface area contributed by atoms with Crippen molar-refractivity contribution in [2.45, 2.75) is 11.8 Å². The van der Waals surface area contributed by atoms with E-state index in [4.69, 9.17) is 0 Å². The molecular formula is C17H17NO3S. The summed E-state index contributed by atoms with van der Waals surface area (Å²) in [6, 6.07) is 13.9. The molecule has 0 aliphatic heterocycles. The number of carbonyl (C=O) groups excluding carboxylic acids is 1. The smallest absolute Gasteiger partial charge is 0.248 e. The molecule has 1 N–H and O–H groups in total. The minimum absolute atomic E-state index is 0.174. The number of sulfone groups is 1. The van der Waals surface area contributed by atoms with Crippen LogP contribution < -0.4 is 5.32 Å². The van der Waals surface area contributed by atoms with Crippen molar-refractivity contribution in [1.29, 1.82) is 0 Å². The van der Waals surface area contributed by atoms with Crippen molar-refractivity contribution in [1.82, 2.24) is 0 Å². The van der Waals surface area contributed by atoms with E-state index in [-0.39, 0.29) is 10.8 Å². The van der Waals surface area contributed by atoms with Crippen LogP contribution in [0.3, 0.4) is 0 Å². The average molecular weight is 315 g/mol. The van der Waals surface area contributed by atoms with Gasteiger partial charge in [0.2, 0.25) is 5.91 Å². The molecule has 2 rings (SSSR count). The molecule has 0 heterocycles. The van der Waals surface area contributed by atoms with Crippen molar-refractivity contribution in [2.75, 3.05) is 11.6 Å². The topological polar surface area (TPSA) is 63.2 Å². The zero-order valence-corrected chi connectivity index (χ0v) is 13.2. The number of nitrogens with one attached hydrogen (secondary N) is 1. The van der Waals surface area contributed by atoms with E-state index >= 15 is 0 Å². The van der Waals surface area contributed by atoms with Gasteiger partial charge in [0.05, 0.1) is 4.90 Å². The third-order valence-electron chi connectivity index (χ3n) is 3.03. The first-order valence-electron chi connectivity index (χ1n) is 6.70. The summed E-state index contributed by atoms with van der Waals surface area (Å²) in [4.78, 5) is 12.0. The van der Waals surface area contributed by atoms with Crippen molar-refractivity contribution in [3.8, 4) is 0 Å². The summed E-state index contributed by atoms with van der Waals surface area (Å²) < 4.78 is 23.0. The van der Waals surface area contributed by atoms with Crippen LogP contribution in [0.4, 0.5) is 5.69 Å². The fourth-order valence-electron chi connectivity index (χ4n) is 1.84. The highest BCUT2D eigenvalue weighted by Crippen LogP contribution is 2.15. The number of carbonyl (C=O) groups is 1. The van der Waals surface area contributed by atoms with E-state index in [2.05, 4.69) is 5.32 Å². The molecule has 2 aromatic carbocycles. The zero-order chi connectivity index (χ0) is 16.2. The molecule has 0 aromatic heterocycles. The van der Waals surface area contributed by atoms with Crippen LogP contribution in [0.25, 0.3) is 6.08 Å². The number of aryl methyl sites for hydroxylation is 1. The predicted molar refractivity (Wildman–Crippen MR) is 88.4 cm³/mol. The molecule has 0 unspecified atom stereocenters. The Morgan fingerprint density at radius 1 is 1.09 bits per heavy atom. The maximum Gasteiger partial charge on any atom is 0.248 e. The molecule has 0 fully saturated rings. The van der Waals surface area contributed by atoms with E-state index in [1.54, 1.807) is 18.2 Å². The quantitative estimate of drug-likeness (QED) is 0.882. The number of hydrogen-bond acceptors (Lipinski definition) is 3. The molecule has 0 aliphatic carbocycles. The molecule has 0 bridgehead atoms. The minimum Gasteiger partial charge on any atom is -0.322 e. The first-order chi connectivity index (χ1) is 10.3. The van der Waals surface area contributed by atoms with Crippen LogP contribution >= 0.6 is 0 Å². The lowest BCUT2D eigenvalue weighted by atomic mass is 10.1. The monoisotopic (exact) mass is 315 g/mol. The van der Waals surface area contributed by atoms with Crippen molar-refractivity contribution in [3.05, 3.63) is 65.7 Å². The second-order valence-electron chi connectivity index (χ2n) is 5.03. The normalized spacial score (nSPS) is 11.5. The summed E-state index contributed by atoms with van der Waals surface area (Å²) >= 11 is 0. The Kier molecular flexibility index (Phi) is 4.78. The SMILES string of the molecule is Cc1ccc(/C=C/C(=O)Nc2cccc(S(C)(=O)=O)c2)cc1. The van der Waals surface area contributed by atoms with E-state index in [1.165, 1.54) is 18.2 Å². The van der Waals surface area contributed by atoms with Crippen LogP contribution in [0.2, 0.25) is 0 Å².